The predicted molar refractivity (Wildman–Crippen MR) is 75.7 cm³/mol. The lowest BCUT2D eigenvalue weighted by atomic mass is 9.98. The topological polar surface area (TPSA) is 68.3 Å². The molecule has 1 atom stereocenters. The summed E-state index contributed by atoms with van der Waals surface area (Å²) >= 11 is 0. The minimum absolute atomic E-state index is 0.0114. The Kier molecular flexibility index (Phi) is 3.90. The van der Waals surface area contributed by atoms with Crippen LogP contribution in [0.3, 0.4) is 0 Å². The van der Waals surface area contributed by atoms with E-state index in [9.17, 15) is 4.79 Å². The zero-order chi connectivity index (χ0) is 14.0. The van der Waals surface area contributed by atoms with E-state index in [0.29, 0.717) is 0 Å². The highest BCUT2D eigenvalue weighted by Gasteiger charge is 2.24. The fraction of sp³-hybridized carbons (Fsp3) is 0.400. The number of nitrogens with two attached hydrogens (primary N) is 1. The number of hydrogen-bond donors (Lipinski definition) is 2. The fourth-order valence-corrected chi connectivity index (χ4v) is 2.26. The Morgan fingerprint density at radius 1 is 1.37 bits per heavy atom. The van der Waals surface area contributed by atoms with E-state index in [4.69, 9.17) is 10.2 Å². The van der Waals surface area contributed by atoms with Crippen molar-refractivity contribution < 1.29 is 9.21 Å². The quantitative estimate of drug-likeness (QED) is 0.887. The minimum Gasteiger partial charge on any atom is -0.459 e. The summed E-state index contributed by atoms with van der Waals surface area (Å²) in [6.07, 6.45) is 0. The number of amides is 1. The highest BCUT2D eigenvalue weighted by atomic mass is 16.3. The van der Waals surface area contributed by atoms with Crippen LogP contribution < -0.4 is 11.1 Å². The van der Waals surface area contributed by atoms with E-state index in [-0.39, 0.29) is 24.4 Å². The van der Waals surface area contributed by atoms with Gasteiger partial charge in [-0.05, 0) is 18.9 Å². The summed E-state index contributed by atoms with van der Waals surface area (Å²) in [4.78, 5) is 11.5. The van der Waals surface area contributed by atoms with Crippen LogP contribution >= 0.6 is 0 Å². The monoisotopic (exact) mass is 260 g/mol. The fourth-order valence-electron chi connectivity index (χ4n) is 2.26. The molecule has 0 aliphatic heterocycles. The molecule has 0 bridgehead atoms. The van der Waals surface area contributed by atoms with Crippen LogP contribution in [0.5, 0.6) is 0 Å². The summed E-state index contributed by atoms with van der Waals surface area (Å²) in [5, 5.41) is 4.01. The second-order valence-corrected chi connectivity index (χ2v) is 5.08. The summed E-state index contributed by atoms with van der Waals surface area (Å²) in [5.74, 6) is 0.881. The van der Waals surface area contributed by atoms with Crippen LogP contribution in [-0.2, 0) is 4.79 Å². The molecule has 0 fully saturated rings. The summed E-state index contributed by atoms with van der Waals surface area (Å²) in [5.41, 5.74) is 7.29. The van der Waals surface area contributed by atoms with Gasteiger partial charge in [-0.1, -0.05) is 32.0 Å². The van der Waals surface area contributed by atoms with Crippen LogP contribution in [0.1, 0.15) is 31.2 Å². The number of furan rings is 1. The molecular weight excluding hydrogens is 240 g/mol. The van der Waals surface area contributed by atoms with Crippen molar-refractivity contribution in [3.05, 3.63) is 35.6 Å². The van der Waals surface area contributed by atoms with Gasteiger partial charge in [0.05, 0.1) is 12.6 Å². The molecule has 2 aromatic rings. The second-order valence-electron chi connectivity index (χ2n) is 5.08. The smallest absolute Gasteiger partial charge is 0.234 e. The molecule has 1 aromatic heterocycles. The Morgan fingerprint density at radius 2 is 2.05 bits per heavy atom. The lowest BCUT2D eigenvalue weighted by Crippen LogP contribution is -2.36. The molecule has 0 radical (unpaired) electrons. The molecule has 0 saturated heterocycles. The van der Waals surface area contributed by atoms with Crippen LogP contribution in [0.4, 0.5) is 0 Å². The SMILES string of the molecule is Cc1c(C(NC(=O)CN)C(C)C)oc2ccccc12. The second kappa shape index (κ2) is 5.45. The summed E-state index contributed by atoms with van der Waals surface area (Å²) < 4.78 is 5.91. The van der Waals surface area contributed by atoms with Gasteiger partial charge in [0.15, 0.2) is 0 Å². The van der Waals surface area contributed by atoms with Gasteiger partial charge in [-0.15, -0.1) is 0 Å². The molecule has 1 aromatic carbocycles. The Morgan fingerprint density at radius 3 is 2.63 bits per heavy atom. The van der Waals surface area contributed by atoms with Gasteiger partial charge in [0, 0.05) is 10.9 Å². The Balaban J connectivity index is 2.44. The number of aryl methyl sites for hydroxylation is 1. The van der Waals surface area contributed by atoms with Crippen molar-refractivity contribution in [2.45, 2.75) is 26.8 Å². The summed E-state index contributed by atoms with van der Waals surface area (Å²) in [6.45, 7) is 6.11. The van der Waals surface area contributed by atoms with E-state index in [2.05, 4.69) is 5.32 Å². The molecule has 4 heteroatoms. The number of para-hydroxylation sites is 1. The first-order valence-electron chi connectivity index (χ1n) is 6.52. The van der Waals surface area contributed by atoms with E-state index < -0.39 is 0 Å². The lowest BCUT2D eigenvalue weighted by molar-refractivity contribution is -0.120. The van der Waals surface area contributed by atoms with Gasteiger partial charge < -0.3 is 15.5 Å². The predicted octanol–water partition coefficient (Wildman–Crippen LogP) is 2.51. The van der Waals surface area contributed by atoms with Crippen molar-refractivity contribution in [3.63, 3.8) is 0 Å². The molecule has 1 amide bonds. The minimum atomic E-state index is -0.168. The molecule has 3 N–H and O–H groups in total. The van der Waals surface area contributed by atoms with Crippen LogP contribution in [0, 0.1) is 12.8 Å². The Hall–Kier alpha value is -1.81. The van der Waals surface area contributed by atoms with Gasteiger partial charge in [0.25, 0.3) is 0 Å². The van der Waals surface area contributed by atoms with Crippen LogP contribution in [-0.4, -0.2) is 12.5 Å². The number of benzene rings is 1. The molecule has 0 aliphatic rings. The first-order chi connectivity index (χ1) is 9.04. The molecule has 0 aliphatic carbocycles. The van der Waals surface area contributed by atoms with Crippen LogP contribution in [0.2, 0.25) is 0 Å². The zero-order valence-corrected chi connectivity index (χ0v) is 11.6. The van der Waals surface area contributed by atoms with Crippen molar-refractivity contribution in [1.29, 1.82) is 0 Å². The number of fused-ring (bicyclic) bond motifs is 1. The standard InChI is InChI=1S/C15H20N2O2/c1-9(2)14(17-13(18)8-16)15-10(3)11-6-4-5-7-12(11)19-15/h4-7,9,14H,8,16H2,1-3H3,(H,17,18). The van der Waals surface area contributed by atoms with E-state index in [1.54, 1.807) is 0 Å². The van der Waals surface area contributed by atoms with Gasteiger partial charge in [0.1, 0.15) is 11.3 Å². The number of carbonyl (C=O) groups is 1. The Bertz CT molecular complexity index is 587. The highest BCUT2D eigenvalue weighted by molar-refractivity contribution is 5.83. The van der Waals surface area contributed by atoms with Gasteiger partial charge in [0.2, 0.25) is 5.91 Å². The molecule has 1 unspecified atom stereocenters. The largest absolute Gasteiger partial charge is 0.459 e. The number of rotatable bonds is 4. The molecule has 0 spiro atoms. The van der Waals surface area contributed by atoms with Gasteiger partial charge in [-0.3, -0.25) is 4.79 Å². The first-order valence-corrected chi connectivity index (χ1v) is 6.52. The van der Waals surface area contributed by atoms with Gasteiger partial charge in [-0.25, -0.2) is 0 Å². The van der Waals surface area contributed by atoms with Crippen molar-refractivity contribution in [3.8, 4) is 0 Å². The maximum absolute atomic E-state index is 11.5. The molecule has 102 valence electrons. The number of nitrogens with one attached hydrogen (secondary N) is 1. The molecule has 19 heavy (non-hydrogen) atoms. The summed E-state index contributed by atoms with van der Waals surface area (Å²) in [7, 11) is 0. The normalized spacial score (nSPS) is 12.9. The van der Waals surface area contributed by atoms with Crippen molar-refractivity contribution >= 4 is 16.9 Å². The maximum Gasteiger partial charge on any atom is 0.234 e. The van der Waals surface area contributed by atoms with E-state index >= 15 is 0 Å². The van der Waals surface area contributed by atoms with Gasteiger partial charge >= 0.3 is 0 Å². The summed E-state index contributed by atoms with van der Waals surface area (Å²) in [6, 6.07) is 7.74. The maximum atomic E-state index is 11.5. The van der Waals surface area contributed by atoms with E-state index in [1.165, 1.54) is 0 Å². The average molecular weight is 260 g/mol. The lowest BCUT2D eigenvalue weighted by Gasteiger charge is -2.20. The van der Waals surface area contributed by atoms with Crippen LogP contribution in [0.15, 0.2) is 28.7 Å². The van der Waals surface area contributed by atoms with Crippen molar-refractivity contribution in [2.24, 2.45) is 11.7 Å². The third kappa shape index (κ3) is 2.63. The van der Waals surface area contributed by atoms with Crippen molar-refractivity contribution in [2.75, 3.05) is 6.54 Å². The average Bonchev–Trinajstić information content (AvgIpc) is 2.73. The van der Waals surface area contributed by atoms with Gasteiger partial charge in [-0.2, -0.15) is 0 Å². The first kappa shape index (κ1) is 13.6. The highest BCUT2D eigenvalue weighted by Crippen LogP contribution is 2.32. The van der Waals surface area contributed by atoms with Crippen LogP contribution in [0.25, 0.3) is 11.0 Å². The third-order valence-corrected chi connectivity index (χ3v) is 3.33. The molecular formula is C15H20N2O2. The molecule has 2 rings (SSSR count). The van der Waals surface area contributed by atoms with Crippen molar-refractivity contribution in [1.82, 2.24) is 5.32 Å². The number of carbonyl (C=O) groups excluding carboxylic acids is 1. The number of hydrogen-bond acceptors (Lipinski definition) is 3. The molecule has 1 heterocycles. The molecule has 4 nitrogen and oxygen atoms in total. The Labute approximate surface area is 113 Å². The zero-order valence-electron chi connectivity index (χ0n) is 11.6. The molecule has 0 saturated carbocycles. The van der Waals surface area contributed by atoms with E-state index in [1.807, 2.05) is 45.0 Å². The van der Waals surface area contributed by atoms with E-state index in [0.717, 1.165) is 22.3 Å². The third-order valence-electron chi connectivity index (χ3n) is 3.33.